The van der Waals surface area contributed by atoms with E-state index in [1.165, 1.54) is 6.07 Å². The van der Waals surface area contributed by atoms with Crippen molar-refractivity contribution in [2.45, 2.75) is 13.0 Å². The Kier molecular flexibility index (Phi) is 4.71. The second-order valence-corrected chi connectivity index (χ2v) is 3.99. The van der Waals surface area contributed by atoms with Crippen molar-refractivity contribution >= 4 is 0 Å². The number of nitrogens with zero attached hydrogens (tertiary/aromatic N) is 1. The van der Waals surface area contributed by atoms with Crippen LogP contribution in [0.3, 0.4) is 0 Å². The third kappa shape index (κ3) is 3.47. The molecule has 0 fully saturated rings. The molecule has 1 atom stereocenters. The van der Waals surface area contributed by atoms with E-state index in [0.29, 0.717) is 13.2 Å². The lowest BCUT2D eigenvalue weighted by Crippen LogP contribution is -2.26. The first-order chi connectivity index (χ1) is 7.54. The summed E-state index contributed by atoms with van der Waals surface area (Å²) in [5.41, 5.74) is 6.73. The number of hydrogen-bond donors (Lipinski definition) is 1. The van der Waals surface area contributed by atoms with E-state index in [-0.39, 0.29) is 17.6 Å². The van der Waals surface area contributed by atoms with Crippen LogP contribution in [0.1, 0.15) is 18.5 Å². The number of rotatable bonds is 5. The minimum absolute atomic E-state index is 0.180. The smallest absolute Gasteiger partial charge is 0.165 e. The highest BCUT2D eigenvalue weighted by molar-refractivity contribution is 5.31. The lowest BCUT2D eigenvalue weighted by molar-refractivity contribution is 0.320. The number of halogens is 1. The quantitative estimate of drug-likeness (QED) is 0.831. The average Bonchev–Trinajstić information content (AvgIpc) is 2.20. The van der Waals surface area contributed by atoms with Crippen LogP contribution in [0.4, 0.5) is 4.39 Å². The molecule has 0 aliphatic rings. The van der Waals surface area contributed by atoms with Crippen LogP contribution in [0.5, 0.6) is 5.75 Å². The van der Waals surface area contributed by atoms with E-state index in [4.69, 9.17) is 10.5 Å². The van der Waals surface area contributed by atoms with Crippen LogP contribution in [0, 0.1) is 5.82 Å². The Balaban J connectivity index is 2.79. The van der Waals surface area contributed by atoms with Crippen LogP contribution in [-0.2, 0) is 0 Å². The second kappa shape index (κ2) is 5.82. The zero-order valence-electron chi connectivity index (χ0n) is 10.0. The van der Waals surface area contributed by atoms with E-state index in [0.717, 1.165) is 5.56 Å². The molecule has 0 spiro atoms. The molecular formula is C12H19FN2O. The third-order valence-electron chi connectivity index (χ3n) is 2.25. The van der Waals surface area contributed by atoms with Crippen molar-refractivity contribution in [3.63, 3.8) is 0 Å². The molecular weight excluding hydrogens is 207 g/mol. The van der Waals surface area contributed by atoms with E-state index >= 15 is 0 Å². The van der Waals surface area contributed by atoms with Crippen LogP contribution >= 0.6 is 0 Å². The standard InChI is InChI=1S/C12H19FN2O/c1-4-16-12-6-5-9(7-10(12)13)11(14)8-15(2)3/h5-7,11H,4,8,14H2,1-3H3. The molecule has 4 heteroatoms. The summed E-state index contributed by atoms with van der Waals surface area (Å²) in [7, 11) is 3.87. The highest BCUT2D eigenvalue weighted by Crippen LogP contribution is 2.21. The van der Waals surface area contributed by atoms with Gasteiger partial charge in [0.05, 0.1) is 6.61 Å². The second-order valence-electron chi connectivity index (χ2n) is 3.99. The van der Waals surface area contributed by atoms with Gasteiger partial charge in [-0.1, -0.05) is 6.07 Å². The highest BCUT2D eigenvalue weighted by atomic mass is 19.1. The number of hydrogen-bond acceptors (Lipinski definition) is 3. The van der Waals surface area contributed by atoms with Crippen molar-refractivity contribution in [1.82, 2.24) is 4.90 Å². The molecule has 0 radical (unpaired) electrons. The Morgan fingerprint density at radius 3 is 2.62 bits per heavy atom. The zero-order valence-corrected chi connectivity index (χ0v) is 10.0. The lowest BCUT2D eigenvalue weighted by Gasteiger charge is -2.17. The topological polar surface area (TPSA) is 38.5 Å². The van der Waals surface area contributed by atoms with Crippen molar-refractivity contribution in [2.24, 2.45) is 5.73 Å². The number of ether oxygens (including phenoxy) is 1. The predicted octanol–water partition coefficient (Wildman–Crippen LogP) is 1.79. The van der Waals surface area contributed by atoms with E-state index in [9.17, 15) is 4.39 Å². The van der Waals surface area contributed by atoms with Gasteiger partial charge in [-0.25, -0.2) is 4.39 Å². The van der Waals surface area contributed by atoms with Gasteiger partial charge in [-0.3, -0.25) is 0 Å². The van der Waals surface area contributed by atoms with Gasteiger partial charge in [-0.05, 0) is 38.7 Å². The molecule has 3 nitrogen and oxygen atoms in total. The fourth-order valence-electron chi connectivity index (χ4n) is 1.52. The molecule has 90 valence electrons. The molecule has 0 saturated carbocycles. The summed E-state index contributed by atoms with van der Waals surface area (Å²) in [6, 6.07) is 4.70. The van der Waals surface area contributed by atoms with E-state index < -0.39 is 0 Å². The fourth-order valence-corrected chi connectivity index (χ4v) is 1.52. The van der Waals surface area contributed by atoms with Gasteiger partial charge in [0, 0.05) is 12.6 Å². The molecule has 16 heavy (non-hydrogen) atoms. The Morgan fingerprint density at radius 1 is 1.44 bits per heavy atom. The predicted molar refractivity (Wildman–Crippen MR) is 63.1 cm³/mol. The maximum atomic E-state index is 13.5. The van der Waals surface area contributed by atoms with Gasteiger partial charge < -0.3 is 15.4 Å². The molecule has 1 aromatic carbocycles. The van der Waals surface area contributed by atoms with Gasteiger partial charge in [0.25, 0.3) is 0 Å². The first-order valence-electron chi connectivity index (χ1n) is 5.37. The molecule has 0 aromatic heterocycles. The summed E-state index contributed by atoms with van der Waals surface area (Å²) < 4.78 is 18.7. The van der Waals surface area contributed by atoms with Crippen LogP contribution in [-0.4, -0.2) is 32.1 Å². The van der Waals surface area contributed by atoms with E-state index in [1.54, 1.807) is 6.07 Å². The van der Waals surface area contributed by atoms with Crippen LogP contribution in [0.2, 0.25) is 0 Å². The minimum Gasteiger partial charge on any atom is -0.491 e. The van der Waals surface area contributed by atoms with Gasteiger partial charge in [-0.15, -0.1) is 0 Å². The number of nitrogens with two attached hydrogens (primary N) is 1. The molecule has 2 N–H and O–H groups in total. The maximum Gasteiger partial charge on any atom is 0.165 e. The van der Waals surface area contributed by atoms with E-state index in [1.807, 2.05) is 32.0 Å². The Labute approximate surface area is 96.0 Å². The Hall–Kier alpha value is -1.13. The average molecular weight is 226 g/mol. The molecule has 0 amide bonds. The minimum atomic E-state index is -0.353. The monoisotopic (exact) mass is 226 g/mol. The summed E-state index contributed by atoms with van der Waals surface area (Å²) in [5, 5.41) is 0. The molecule has 1 unspecified atom stereocenters. The normalized spacial score (nSPS) is 12.9. The Morgan fingerprint density at radius 2 is 2.12 bits per heavy atom. The number of likely N-dealkylation sites (N-methyl/N-ethyl adjacent to an activating group) is 1. The van der Waals surface area contributed by atoms with Crippen molar-refractivity contribution in [3.8, 4) is 5.75 Å². The SMILES string of the molecule is CCOc1ccc(C(N)CN(C)C)cc1F. The first kappa shape index (κ1) is 12.9. The molecule has 0 aliphatic carbocycles. The van der Waals surface area contributed by atoms with Gasteiger partial charge >= 0.3 is 0 Å². The molecule has 1 aromatic rings. The third-order valence-corrected chi connectivity index (χ3v) is 2.25. The number of benzene rings is 1. The van der Waals surface area contributed by atoms with E-state index in [2.05, 4.69) is 0 Å². The van der Waals surface area contributed by atoms with Crippen molar-refractivity contribution in [3.05, 3.63) is 29.6 Å². The zero-order chi connectivity index (χ0) is 12.1. The van der Waals surface area contributed by atoms with Crippen LogP contribution in [0.25, 0.3) is 0 Å². The van der Waals surface area contributed by atoms with Crippen LogP contribution in [0.15, 0.2) is 18.2 Å². The van der Waals surface area contributed by atoms with Crippen molar-refractivity contribution in [1.29, 1.82) is 0 Å². The Bertz CT molecular complexity index is 342. The molecule has 0 heterocycles. The molecule has 1 rings (SSSR count). The van der Waals surface area contributed by atoms with Gasteiger partial charge in [0.1, 0.15) is 0 Å². The van der Waals surface area contributed by atoms with Crippen molar-refractivity contribution in [2.75, 3.05) is 27.2 Å². The summed E-state index contributed by atoms with van der Waals surface area (Å²) in [6.07, 6.45) is 0. The largest absolute Gasteiger partial charge is 0.491 e. The first-order valence-corrected chi connectivity index (χ1v) is 5.37. The molecule has 0 aliphatic heterocycles. The fraction of sp³-hybridized carbons (Fsp3) is 0.500. The molecule has 0 bridgehead atoms. The van der Waals surface area contributed by atoms with Crippen molar-refractivity contribution < 1.29 is 9.13 Å². The summed E-state index contributed by atoms with van der Waals surface area (Å²) in [4.78, 5) is 1.97. The lowest BCUT2D eigenvalue weighted by atomic mass is 10.1. The summed E-state index contributed by atoms with van der Waals surface area (Å²) in [6.45, 7) is 2.97. The van der Waals surface area contributed by atoms with Crippen LogP contribution < -0.4 is 10.5 Å². The molecule has 0 saturated heterocycles. The van der Waals surface area contributed by atoms with Gasteiger partial charge in [0.2, 0.25) is 0 Å². The summed E-state index contributed by atoms with van der Waals surface area (Å²) >= 11 is 0. The highest BCUT2D eigenvalue weighted by Gasteiger charge is 2.10. The van der Waals surface area contributed by atoms with Gasteiger partial charge in [-0.2, -0.15) is 0 Å². The maximum absolute atomic E-state index is 13.5. The van der Waals surface area contributed by atoms with Gasteiger partial charge in [0.15, 0.2) is 11.6 Å². The summed E-state index contributed by atoms with van der Waals surface area (Å²) in [5.74, 6) is -0.0724.